The summed E-state index contributed by atoms with van der Waals surface area (Å²) in [6.07, 6.45) is -4.64. The topological polar surface area (TPSA) is 78.4 Å². The molecule has 0 aliphatic carbocycles. The molecular formula is C23H18F5N5O2. The molecule has 182 valence electrons. The lowest BCUT2D eigenvalue weighted by Crippen LogP contribution is -2.49. The van der Waals surface area contributed by atoms with E-state index in [4.69, 9.17) is 0 Å². The van der Waals surface area contributed by atoms with Crippen LogP contribution in [0.25, 0.3) is 0 Å². The van der Waals surface area contributed by atoms with E-state index in [0.29, 0.717) is 5.82 Å². The van der Waals surface area contributed by atoms with Gasteiger partial charge in [-0.2, -0.15) is 13.2 Å². The van der Waals surface area contributed by atoms with Crippen LogP contribution in [0.3, 0.4) is 0 Å². The van der Waals surface area contributed by atoms with Crippen LogP contribution in [0.5, 0.6) is 0 Å². The summed E-state index contributed by atoms with van der Waals surface area (Å²) in [5, 5.41) is 10.0. The lowest BCUT2D eigenvalue weighted by Gasteiger charge is -2.35. The maximum atomic E-state index is 13.7. The van der Waals surface area contributed by atoms with Gasteiger partial charge in [0.05, 0.1) is 16.8 Å². The number of anilines is 2. The molecule has 0 bridgehead atoms. The summed E-state index contributed by atoms with van der Waals surface area (Å²) in [4.78, 5) is 28.1. The van der Waals surface area contributed by atoms with Gasteiger partial charge in [-0.1, -0.05) is 12.1 Å². The molecule has 3 aromatic rings. The van der Waals surface area contributed by atoms with Crippen LogP contribution < -0.4 is 10.2 Å². The summed E-state index contributed by atoms with van der Waals surface area (Å²) in [5.41, 5.74) is -1.85. The first-order valence-electron chi connectivity index (χ1n) is 10.4. The van der Waals surface area contributed by atoms with Crippen LogP contribution in [0.1, 0.15) is 26.4 Å². The second-order valence-electron chi connectivity index (χ2n) is 7.68. The summed E-state index contributed by atoms with van der Waals surface area (Å²) in [5.74, 6) is -2.63. The van der Waals surface area contributed by atoms with E-state index in [1.54, 1.807) is 4.90 Å². The third kappa shape index (κ3) is 5.36. The lowest BCUT2D eigenvalue weighted by atomic mass is 10.1. The van der Waals surface area contributed by atoms with E-state index in [-0.39, 0.29) is 37.6 Å². The van der Waals surface area contributed by atoms with E-state index in [0.717, 1.165) is 30.3 Å². The van der Waals surface area contributed by atoms with Gasteiger partial charge in [0.15, 0.2) is 11.5 Å². The Morgan fingerprint density at radius 2 is 1.60 bits per heavy atom. The molecule has 12 heteroatoms. The van der Waals surface area contributed by atoms with Gasteiger partial charge in [-0.15, -0.1) is 10.2 Å². The number of hydrogen-bond acceptors (Lipinski definition) is 5. The van der Waals surface area contributed by atoms with Gasteiger partial charge in [0.25, 0.3) is 11.8 Å². The molecule has 1 N–H and O–H groups in total. The molecule has 0 radical (unpaired) electrons. The number of amides is 2. The molecule has 1 aromatic heterocycles. The third-order valence-corrected chi connectivity index (χ3v) is 5.41. The molecule has 2 amide bonds. The highest BCUT2D eigenvalue weighted by Gasteiger charge is 2.36. The van der Waals surface area contributed by atoms with Crippen LogP contribution in [0.2, 0.25) is 0 Å². The number of benzene rings is 2. The second-order valence-corrected chi connectivity index (χ2v) is 7.68. The fourth-order valence-corrected chi connectivity index (χ4v) is 3.62. The van der Waals surface area contributed by atoms with Crippen molar-refractivity contribution in [1.82, 2.24) is 15.1 Å². The molecule has 2 heterocycles. The maximum absolute atomic E-state index is 13.7. The van der Waals surface area contributed by atoms with Crippen molar-refractivity contribution in [3.8, 4) is 0 Å². The summed E-state index contributed by atoms with van der Waals surface area (Å²) >= 11 is 0. The maximum Gasteiger partial charge on any atom is 0.417 e. The number of nitrogens with one attached hydrogen (secondary N) is 1. The van der Waals surface area contributed by atoms with E-state index in [1.165, 1.54) is 29.2 Å². The minimum atomic E-state index is -4.64. The van der Waals surface area contributed by atoms with Gasteiger partial charge in [0, 0.05) is 32.2 Å². The molecule has 1 saturated heterocycles. The standard InChI is InChI=1S/C23H18F5N5O2/c24-14-5-6-17(25)19(13-14)29-21(34)18-7-8-20(31-30-18)32-9-11-33(12-10-32)22(35)15-3-1-2-4-16(15)23(26,27)28/h1-8,13H,9-12H2,(H,29,34). The number of aromatic nitrogens is 2. The average Bonchev–Trinajstić information content (AvgIpc) is 2.85. The highest BCUT2D eigenvalue weighted by Crippen LogP contribution is 2.32. The van der Waals surface area contributed by atoms with E-state index in [1.807, 2.05) is 0 Å². The normalized spacial score (nSPS) is 14.1. The number of rotatable bonds is 4. The minimum absolute atomic E-state index is 0.130. The Kier molecular flexibility index (Phi) is 6.63. The van der Waals surface area contributed by atoms with Crippen molar-refractivity contribution in [2.24, 2.45) is 0 Å². The zero-order valence-electron chi connectivity index (χ0n) is 18.0. The highest BCUT2D eigenvalue weighted by atomic mass is 19.4. The Hall–Kier alpha value is -4.09. The molecule has 0 spiro atoms. The van der Waals surface area contributed by atoms with Crippen molar-refractivity contribution < 1.29 is 31.5 Å². The fraction of sp³-hybridized carbons (Fsp3) is 0.217. The van der Waals surface area contributed by atoms with Gasteiger partial charge in [0.1, 0.15) is 11.6 Å². The number of carbonyl (C=O) groups excluding carboxylic acids is 2. The van der Waals surface area contributed by atoms with Crippen LogP contribution in [0.15, 0.2) is 54.6 Å². The van der Waals surface area contributed by atoms with Gasteiger partial charge in [0.2, 0.25) is 0 Å². The second kappa shape index (κ2) is 9.65. The van der Waals surface area contributed by atoms with Gasteiger partial charge < -0.3 is 15.1 Å². The molecule has 7 nitrogen and oxygen atoms in total. The van der Waals surface area contributed by atoms with E-state index in [2.05, 4.69) is 15.5 Å². The molecule has 0 atom stereocenters. The van der Waals surface area contributed by atoms with E-state index < -0.39 is 40.8 Å². The van der Waals surface area contributed by atoms with Crippen molar-refractivity contribution in [1.29, 1.82) is 0 Å². The van der Waals surface area contributed by atoms with Crippen molar-refractivity contribution in [2.45, 2.75) is 6.18 Å². The van der Waals surface area contributed by atoms with Crippen molar-refractivity contribution in [2.75, 3.05) is 36.4 Å². The summed E-state index contributed by atoms with van der Waals surface area (Å²) in [6, 6.07) is 10.1. The quantitative estimate of drug-likeness (QED) is 0.559. The molecule has 0 saturated carbocycles. The Morgan fingerprint density at radius 1 is 0.886 bits per heavy atom. The number of halogens is 5. The average molecular weight is 491 g/mol. The van der Waals surface area contributed by atoms with Crippen molar-refractivity contribution >= 4 is 23.3 Å². The van der Waals surface area contributed by atoms with Crippen LogP contribution in [-0.2, 0) is 6.18 Å². The molecule has 1 fully saturated rings. The molecule has 2 aromatic carbocycles. The first-order valence-corrected chi connectivity index (χ1v) is 10.4. The fourth-order valence-electron chi connectivity index (χ4n) is 3.62. The number of nitrogens with zero attached hydrogens (tertiary/aromatic N) is 4. The van der Waals surface area contributed by atoms with Crippen molar-refractivity contribution in [3.63, 3.8) is 0 Å². The molecule has 1 aliphatic rings. The SMILES string of the molecule is O=C(Nc1cc(F)ccc1F)c1ccc(N2CCN(C(=O)c3ccccc3C(F)(F)F)CC2)nn1. The molecule has 0 unspecified atom stereocenters. The molecule has 4 rings (SSSR count). The van der Waals surface area contributed by atoms with Gasteiger partial charge in [-0.3, -0.25) is 9.59 Å². The minimum Gasteiger partial charge on any atom is -0.352 e. The highest BCUT2D eigenvalue weighted by molar-refractivity contribution is 6.02. The predicted molar refractivity (Wildman–Crippen MR) is 116 cm³/mol. The van der Waals surface area contributed by atoms with E-state index in [9.17, 15) is 31.5 Å². The predicted octanol–water partition coefficient (Wildman–Crippen LogP) is 3.99. The Bertz CT molecular complexity index is 1240. The molecular weight excluding hydrogens is 473 g/mol. The Balaban J connectivity index is 1.38. The van der Waals surface area contributed by atoms with Gasteiger partial charge in [-0.05, 0) is 36.4 Å². The Labute approximate surface area is 196 Å². The van der Waals surface area contributed by atoms with Crippen molar-refractivity contribution in [3.05, 3.63) is 83.1 Å². The Morgan fingerprint density at radius 3 is 2.26 bits per heavy atom. The van der Waals surface area contributed by atoms with Crippen LogP contribution in [0.4, 0.5) is 33.5 Å². The summed E-state index contributed by atoms with van der Waals surface area (Å²) in [7, 11) is 0. The number of hydrogen-bond donors (Lipinski definition) is 1. The molecule has 35 heavy (non-hydrogen) atoms. The zero-order valence-corrected chi connectivity index (χ0v) is 18.0. The molecule has 1 aliphatic heterocycles. The van der Waals surface area contributed by atoms with Crippen LogP contribution in [0, 0.1) is 11.6 Å². The third-order valence-electron chi connectivity index (χ3n) is 5.41. The smallest absolute Gasteiger partial charge is 0.352 e. The van der Waals surface area contributed by atoms with Crippen LogP contribution in [-0.4, -0.2) is 53.1 Å². The first-order chi connectivity index (χ1) is 16.6. The van der Waals surface area contributed by atoms with Gasteiger partial charge in [-0.25, -0.2) is 8.78 Å². The monoisotopic (exact) mass is 491 g/mol. The zero-order chi connectivity index (χ0) is 25.2. The number of alkyl halides is 3. The van der Waals surface area contributed by atoms with Gasteiger partial charge >= 0.3 is 6.18 Å². The van der Waals surface area contributed by atoms with E-state index >= 15 is 0 Å². The summed E-state index contributed by atoms with van der Waals surface area (Å²) in [6.45, 7) is 0.894. The first kappa shape index (κ1) is 24.0. The lowest BCUT2D eigenvalue weighted by molar-refractivity contribution is -0.138. The summed E-state index contributed by atoms with van der Waals surface area (Å²) < 4.78 is 66.8. The van der Waals surface area contributed by atoms with Crippen LogP contribution >= 0.6 is 0 Å². The largest absolute Gasteiger partial charge is 0.417 e. The number of piperazine rings is 1. The number of carbonyl (C=O) groups is 2.